The van der Waals surface area contributed by atoms with Crippen LogP contribution in [0.25, 0.3) is 0 Å². The zero-order valence-electron chi connectivity index (χ0n) is 10.5. The number of hydrogen-bond donors (Lipinski definition) is 2. The average molecular weight is 280 g/mol. The molecule has 4 heteroatoms. The minimum absolute atomic E-state index is 0.126. The summed E-state index contributed by atoms with van der Waals surface area (Å²) in [4.78, 5) is 0. The molecule has 2 nitrogen and oxygen atoms in total. The van der Waals surface area contributed by atoms with Gasteiger partial charge in [-0.3, -0.25) is 0 Å². The third-order valence-corrected chi connectivity index (χ3v) is 3.19. The van der Waals surface area contributed by atoms with Gasteiger partial charge in [0.25, 0.3) is 0 Å². The van der Waals surface area contributed by atoms with Crippen molar-refractivity contribution in [3.05, 3.63) is 64.4 Å². The van der Waals surface area contributed by atoms with Crippen LogP contribution in [-0.2, 0) is 0 Å². The number of aryl methyl sites for hydroxylation is 1. The van der Waals surface area contributed by atoms with Crippen molar-refractivity contribution in [1.82, 2.24) is 0 Å². The largest absolute Gasteiger partial charge is 0.394 e. The maximum atomic E-state index is 13.3. The Morgan fingerprint density at radius 2 is 2.00 bits per heavy atom. The van der Waals surface area contributed by atoms with Crippen LogP contribution in [0.5, 0.6) is 0 Å². The number of anilines is 1. The Morgan fingerprint density at radius 1 is 1.26 bits per heavy atom. The molecule has 19 heavy (non-hydrogen) atoms. The second kappa shape index (κ2) is 6.04. The molecule has 0 fully saturated rings. The number of benzene rings is 2. The van der Waals surface area contributed by atoms with Gasteiger partial charge in [-0.25, -0.2) is 4.39 Å². The van der Waals surface area contributed by atoms with Crippen molar-refractivity contribution < 1.29 is 9.50 Å². The lowest BCUT2D eigenvalue weighted by molar-refractivity contribution is 0.276. The van der Waals surface area contributed by atoms with E-state index in [9.17, 15) is 9.50 Å². The number of aliphatic hydroxyl groups is 1. The predicted molar refractivity (Wildman–Crippen MR) is 76.0 cm³/mol. The van der Waals surface area contributed by atoms with E-state index in [1.807, 2.05) is 31.2 Å². The van der Waals surface area contributed by atoms with E-state index >= 15 is 0 Å². The molecule has 2 rings (SSSR count). The smallest absolute Gasteiger partial charge is 0.125 e. The SMILES string of the molecule is Cc1cc(F)cc(NC(CO)c2ccccc2Cl)c1. The lowest BCUT2D eigenvalue weighted by atomic mass is 10.1. The van der Waals surface area contributed by atoms with Crippen molar-refractivity contribution in [3.63, 3.8) is 0 Å². The normalized spacial score (nSPS) is 12.2. The quantitative estimate of drug-likeness (QED) is 0.889. The molecule has 0 bridgehead atoms. The molecule has 0 amide bonds. The van der Waals surface area contributed by atoms with Gasteiger partial charge in [0, 0.05) is 10.7 Å². The van der Waals surface area contributed by atoms with Crippen LogP contribution in [0.15, 0.2) is 42.5 Å². The molecular weight excluding hydrogens is 265 g/mol. The molecule has 0 aliphatic heterocycles. The van der Waals surface area contributed by atoms with Gasteiger partial charge in [-0.05, 0) is 42.3 Å². The van der Waals surface area contributed by atoms with Crippen LogP contribution in [0, 0.1) is 12.7 Å². The molecule has 2 N–H and O–H groups in total. The molecule has 0 aliphatic rings. The Hall–Kier alpha value is -1.58. The van der Waals surface area contributed by atoms with E-state index in [0.29, 0.717) is 10.7 Å². The fourth-order valence-electron chi connectivity index (χ4n) is 2.00. The topological polar surface area (TPSA) is 32.3 Å². The predicted octanol–water partition coefficient (Wildman–Crippen LogP) is 3.93. The Kier molecular flexibility index (Phi) is 4.40. The molecular formula is C15H15ClFNO. The molecule has 0 heterocycles. The van der Waals surface area contributed by atoms with Crippen LogP contribution in [0.1, 0.15) is 17.2 Å². The monoisotopic (exact) mass is 279 g/mol. The highest BCUT2D eigenvalue weighted by molar-refractivity contribution is 6.31. The van der Waals surface area contributed by atoms with Crippen molar-refractivity contribution in [1.29, 1.82) is 0 Å². The van der Waals surface area contributed by atoms with Gasteiger partial charge in [-0.15, -0.1) is 0 Å². The molecule has 2 aromatic carbocycles. The van der Waals surface area contributed by atoms with Crippen molar-refractivity contribution in [2.75, 3.05) is 11.9 Å². The standard InChI is InChI=1S/C15H15ClFNO/c1-10-6-11(17)8-12(7-10)18-15(9-19)13-4-2-3-5-14(13)16/h2-8,15,18-19H,9H2,1H3. The van der Waals surface area contributed by atoms with Crippen LogP contribution in [-0.4, -0.2) is 11.7 Å². The molecule has 100 valence electrons. The molecule has 1 atom stereocenters. The second-order valence-corrected chi connectivity index (χ2v) is 4.83. The molecule has 0 saturated carbocycles. The fourth-order valence-corrected chi connectivity index (χ4v) is 2.27. The van der Waals surface area contributed by atoms with Gasteiger partial charge in [0.05, 0.1) is 12.6 Å². The van der Waals surface area contributed by atoms with Gasteiger partial charge in [-0.1, -0.05) is 29.8 Å². The molecule has 0 aromatic heterocycles. The van der Waals surface area contributed by atoms with E-state index in [1.54, 1.807) is 6.07 Å². The van der Waals surface area contributed by atoms with Gasteiger partial charge in [0.15, 0.2) is 0 Å². The summed E-state index contributed by atoms with van der Waals surface area (Å²) in [7, 11) is 0. The van der Waals surface area contributed by atoms with Crippen LogP contribution in [0.2, 0.25) is 5.02 Å². The Balaban J connectivity index is 2.26. The average Bonchev–Trinajstić information content (AvgIpc) is 2.36. The summed E-state index contributed by atoms with van der Waals surface area (Å²) in [6.45, 7) is 1.69. The van der Waals surface area contributed by atoms with E-state index in [0.717, 1.165) is 11.1 Å². The van der Waals surface area contributed by atoms with E-state index in [2.05, 4.69) is 5.32 Å². The van der Waals surface area contributed by atoms with E-state index in [1.165, 1.54) is 12.1 Å². The lowest BCUT2D eigenvalue weighted by Crippen LogP contribution is -2.15. The number of aliphatic hydroxyl groups excluding tert-OH is 1. The maximum Gasteiger partial charge on any atom is 0.125 e. The summed E-state index contributed by atoms with van der Waals surface area (Å²) in [5.41, 5.74) is 2.23. The fraction of sp³-hybridized carbons (Fsp3) is 0.200. The van der Waals surface area contributed by atoms with Crippen LogP contribution in [0.4, 0.5) is 10.1 Å². The Bertz CT molecular complexity index is 554. The van der Waals surface area contributed by atoms with Crippen molar-refractivity contribution >= 4 is 17.3 Å². The van der Waals surface area contributed by atoms with Crippen LogP contribution in [0.3, 0.4) is 0 Å². The molecule has 1 unspecified atom stereocenters. The van der Waals surface area contributed by atoms with Crippen molar-refractivity contribution in [2.24, 2.45) is 0 Å². The highest BCUT2D eigenvalue weighted by atomic mass is 35.5. The van der Waals surface area contributed by atoms with Crippen LogP contribution < -0.4 is 5.32 Å². The summed E-state index contributed by atoms with van der Waals surface area (Å²) >= 11 is 6.10. The molecule has 0 spiro atoms. The van der Waals surface area contributed by atoms with E-state index in [4.69, 9.17) is 11.6 Å². The summed E-state index contributed by atoms with van der Waals surface area (Å²) < 4.78 is 13.3. The van der Waals surface area contributed by atoms with E-state index < -0.39 is 0 Å². The van der Waals surface area contributed by atoms with Gasteiger partial charge in [-0.2, -0.15) is 0 Å². The van der Waals surface area contributed by atoms with Crippen LogP contribution >= 0.6 is 11.6 Å². The van der Waals surface area contributed by atoms with Crippen molar-refractivity contribution in [3.8, 4) is 0 Å². The van der Waals surface area contributed by atoms with Gasteiger partial charge in [0.2, 0.25) is 0 Å². The molecule has 0 radical (unpaired) electrons. The third kappa shape index (κ3) is 3.46. The second-order valence-electron chi connectivity index (χ2n) is 4.42. The summed E-state index contributed by atoms with van der Waals surface area (Å²) in [6.07, 6.45) is 0. The summed E-state index contributed by atoms with van der Waals surface area (Å²) in [6, 6.07) is 11.6. The lowest BCUT2D eigenvalue weighted by Gasteiger charge is -2.19. The summed E-state index contributed by atoms with van der Waals surface area (Å²) in [5.74, 6) is -0.307. The Labute approximate surface area is 116 Å². The minimum Gasteiger partial charge on any atom is -0.394 e. The number of hydrogen-bond acceptors (Lipinski definition) is 2. The first-order chi connectivity index (χ1) is 9.10. The van der Waals surface area contributed by atoms with E-state index in [-0.39, 0.29) is 18.5 Å². The third-order valence-electron chi connectivity index (χ3n) is 2.85. The molecule has 0 aliphatic carbocycles. The first kappa shape index (κ1) is 13.8. The number of nitrogens with one attached hydrogen (secondary N) is 1. The minimum atomic E-state index is -0.366. The molecule has 0 saturated heterocycles. The first-order valence-electron chi connectivity index (χ1n) is 5.99. The zero-order chi connectivity index (χ0) is 13.8. The first-order valence-corrected chi connectivity index (χ1v) is 6.37. The van der Waals surface area contributed by atoms with Crippen molar-refractivity contribution in [2.45, 2.75) is 13.0 Å². The number of rotatable bonds is 4. The maximum absolute atomic E-state index is 13.3. The zero-order valence-corrected chi connectivity index (χ0v) is 11.3. The van der Waals surface area contributed by atoms with Gasteiger partial charge >= 0.3 is 0 Å². The van der Waals surface area contributed by atoms with Gasteiger partial charge < -0.3 is 10.4 Å². The Morgan fingerprint density at radius 3 is 2.63 bits per heavy atom. The highest BCUT2D eigenvalue weighted by Crippen LogP contribution is 2.26. The summed E-state index contributed by atoms with van der Waals surface area (Å²) in [5, 5.41) is 13.2. The molecule has 2 aromatic rings. The highest BCUT2D eigenvalue weighted by Gasteiger charge is 2.13. The number of halogens is 2. The van der Waals surface area contributed by atoms with Gasteiger partial charge in [0.1, 0.15) is 5.82 Å².